The molecule has 0 bridgehead atoms. The van der Waals surface area contributed by atoms with Gasteiger partial charge in [0.05, 0.1) is 35.4 Å². The average molecular weight is 336 g/mol. The summed E-state index contributed by atoms with van der Waals surface area (Å²) in [6.45, 7) is 3.38. The lowest BCUT2D eigenvalue weighted by Gasteiger charge is -2.31. The summed E-state index contributed by atoms with van der Waals surface area (Å²) in [7, 11) is 0. The minimum atomic E-state index is 0.0525. The molecule has 1 aliphatic rings. The summed E-state index contributed by atoms with van der Waals surface area (Å²) in [5, 5.41) is 12.3. The predicted molar refractivity (Wildman–Crippen MR) is 92.5 cm³/mol. The number of carbonyl (C=O) groups excluding carboxylic acids is 1. The molecular formula is C18H20N6O. The molecule has 0 unspecified atom stereocenters. The molecule has 0 saturated carbocycles. The molecule has 1 aliphatic heterocycles. The Kier molecular flexibility index (Phi) is 4.05. The van der Waals surface area contributed by atoms with Crippen LogP contribution in [0.15, 0.2) is 48.9 Å². The van der Waals surface area contributed by atoms with E-state index >= 15 is 0 Å². The van der Waals surface area contributed by atoms with E-state index in [9.17, 15) is 4.79 Å². The average Bonchev–Trinajstić information content (AvgIpc) is 3.32. The molecule has 25 heavy (non-hydrogen) atoms. The van der Waals surface area contributed by atoms with Crippen LogP contribution in [-0.2, 0) is 0 Å². The lowest BCUT2D eigenvalue weighted by molar-refractivity contribution is 0.0688. The van der Waals surface area contributed by atoms with Crippen molar-refractivity contribution in [2.24, 2.45) is 0 Å². The van der Waals surface area contributed by atoms with Crippen LogP contribution < -0.4 is 0 Å². The summed E-state index contributed by atoms with van der Waals surface area (Å²) < 4.78 is 3.70. The van der Waals surface area contributed by atoms with Crippen molar-refractivity contribution in [3.63, 3.8) is 0 Å². The number of carbonyl (C=O) groups is 1. The van der Waals surface area contributed by atoms with Crippen molar-refractivity contribution in [1.29, 1.82) is 0 Å². The Labute approximate surface area is 145 Å². The van der Waals surface area contributed by atoms with E-state index in [1.165, 1.54) is 0 Å². The van der Waals surface area contributed by atoms with Crippen molar-refractivity contribution in [3.05, 3.63) is 60.2 Å². The molecule has 0 N–H and O–H groups in total. The Balaban J connectivity index is 1.48. The molecule has 128 valence electrons. The number of rotatable bonds is 3. The fourth-order valence-electron chi connectivity index (χ4n) is 3.37. The second-order valence-electron chi connectivity index (χ2n) is 6.30. The Bertz CT molecular complexity index is 847. The first kappa shape index (κ1) is 15.6. The summed E-state index contributed by atoms with van der Waals surface area (Å²) in [6.07, 6.45) is 7.03. The predicted octanol–water partition coefficient (Wildman–Crippen LogP) is 2.25. The van der Waals surface area contributed by atoms with Gasteiger partial charge < -0.3 is 4.90 Å². The fourth-order valence-corrected chi connectivity index (χ4v) is 3.37. The van der Waals surface area contributed by atoms with Gasteiger partial charge in [-0.1, -0.05) is 23.4 Å². The minimum Gasteiger partial charge on any atom is -0.338 e. The number of hydrogen-bond acceptors (Lipinski definition) is 4. The number of para-hydroxylation sites is 1. The van der Waals surface area contributed by atoms with Gasteiger partial charge in [0.15, 0.2) is 0 Å². The summed E-state index contributed by atoms with van der Waals surface area (Å²) in [5.41, 5.74) is 2.50. The van der Waals surface area contributed by atoms with Crippen LogP contribution in [0.3, 0.4) is 0 Å². The van der Waals surface area contributed by atoms with E-state index in [0.717, 1.165) is 37.3 Å². The standard InChI is InChI=1S/C18H20N6O/c1-14-17(13-20-24(14)16-5-3-2-4-6-16)18(25)22-10-7-15(8-11-22)23-12-9-19-21-23/h2-6,9,12-13,15H,7-8,10-11H2,1H3. The van der Waals surface area contributed by atoms with Crippen LogP contribution in [0.25, 0.3) is 5.69 Å². The SMILES string of the molecule is Cc1c(C(=O)N2CCC(n3ccnn3)CC2)cnn1-c1ccccc1. The van der Waals surface area contributed by atoms with Crippen molar-refractivity contribution in [2.75, 3.05) is 13.1 Å². The number of nitrogens with zero attached hydrogens (tertiary/aromatic N) is 6. The molecule has 7 heteroatoms. The molecule has 0 atom stereocenters. The maximum Gasteiger partial charge on any atom is 0.257 e. The molecule has 1 saturated heterocycles. The van der Waals surface area contributed by atoms with Crippen molar-refractivity contribution >= 4 is 5.91 Å². The molecule has 0 aliphatic carbocycles. The van der Waals surface area contributed by atoms with Crippen LogP contribution in [-0.4, -0.2) is 48.7 Å². The van der Waals surface area contributed by atoms with E-state index < -0.39 is 0 Å². The number of benzene rings is 1. The van der Waals surface area contributed by atoms with Crippen LogP contribution in [0.1, 0.15) is 34.9 Å². The molecule has 0 spiro atoms. The molecule has 0 radical (unpaired) electrons. The first-order valence-electron chi connectivity index (χ1n) is 8.49. The van der Waals surface area contributed by atoms with Crippen molar-refractivity contribution < 1.29 is 4.79 Å². The molecule has 3 aromatic rings. The molecule has 2 aromatic heterocycles. The molecule has 4 rings (SSSR count). The van der Waals surface area contributed by atoms with E-state index in [2.05, 4.69) is 15.4 Å². The van der Waals surface area contributed by atoms with Gasteiger partial charge in [-0.2, -0.15) is 5.10 Å². The zero-order valence-corrected chi connectivity index (χ0v) is 14.1. The number of piperidine rings is 1. The van der Waals surface area contributed by atoms with E-state index in [0.29, 0.717) is 11.6 Å². The second kappa shape index (κ2) is 6.51. The van der Waals surface area contributed by atoms with Crippen LogP contribution >= 0.6 is 0 Å². The lowest BCUT2D eigenvalue weighted by Crippen LogP contribution is -2.39. The Morgan fingerprint density at radius 3 is 2.60 bits per heavy atom. The highest BCUT2D eigenvalue weighted by atomic mass is 16.2. The van der Waals surface area contributed by atoms with Crippen molar-refractivity contribution in [1.82, 2.24) is 29.7 Å². The van der Waals surface area contributed by atoms with Gasteiger partial charge in [0, 0.05) is 19.3 Å². The highest BCUT2D eigenvalue weighted by Gasteiger charge is 2.27. The van der Waals surface area contributed by atoms with Crippen LogP contribution in [0.2, 0.25) is 0 Å². The molecule has 1 aromatic carbocycles. The van der Waals surface area contributed by atoms with Gasteiger partial charge in [-0.05, 0) is 31.9 Å². The molecule has 1 amide bonds. The topological polar surface area (TPSA) is 68.8 Å². The molecule has 7 nitrogen and oxygen atoms in total. The van der Waals surface area contributed by atoms with Crippen molar-refractivity contribution in [2.45, 2.75) is 25.8 Å². The molecule has 3 heterocycles. The van der Waals surface area contributed by atoms with E-state index in [-0.39, 0.29) is 5.91 Å². The maximum atomic E-state index is 12.9. The summed E-state index contributed by atoms with van der Waals surface area (Å²) in [6, 6.07) is 10.2. The third kappa shape index (κ3) is 2.93. The summed E-state index contributed by atoms with van der Waals surface area (Å²) >= 11 is 0. The fraction of sp³-hybridized carbons (Fsp3) is 0.333. The van der Waals surface area contributed by atoms with E-state index in [1.54, 1.807) is 12.4 Å². The zero-order chi connectivity index (χ0) is 17.2. The van der Waals surface area contributed by atoms with Crippen LogP contribution in [0.5, 0.6) is 0 Å². The molecule has 1 fully saturated rings. The first-order valence-corrected chi connectivity index (χ1v) is 8.49. The van der Waals surface area contributed by atoms with Crippen LogP contribution in [0, 0.1) is 6.92 Å². The monoisotopic (exact) mass is 336 g/mol. The van der Waals surface area contributed by atoms with E-state index in [4.69, 9.17) is 0 Å². The van der Waals surface area contributed by atoms with Crippen molar-refractivity contribution in [3.8, 4) is 5.69 Å². The first-order chi connectivity index (χ1) is 12.2. The van der Waals surface area contributed by atoms with Gasteiger partial charge in [-0.15, -0.1) is 5.10 Å². The Morgan fingerprint density at radius 2 is 1.92 bits per heavy atom. The third-order valence-electron chi connectivity index (χ3n) is 4.81. The van der Waals surface area contributed by atoms with Gasteiger partial charge in [0.1, 0.15) is 0 Å². The number of amides is 1. The van der Waals surface area contributed by atoms with Gasteiger partial charge in [-0.3, -0.25) is 4.79 Å². The van der Waals surface area contributed by atoms with Gasteiger partial charge >= 0.3 is 0 Å². The Morgan fingerprint density at radius 1 is 1.16 bits per heavy atom. The summed E-state index contributed by atoms with van der Waals surface area (Å²) in [5.74, 6) is 0.0525. The minimum absolute atomic E-state index is 0.0525. The maximum absolute atomic E-state index is 12.9. The highest BCUT2D eigenvalue weighted by Crippen LogP contribution is 2.23. The third-order valence-corrected chi connectivity index (χ3v) is 4.81. The number of likely N-dealkylation sites (tertiary alicyclic amines) is 1. The smallest absolute Gasteiger partial charge is 0.257 e. The van der Waals surface area contributed by atoms with Crippen LogP contribution in [0.4, 0.5) is 0 Å². The zero-order valence-electron chi connectivity index (χ0n) is 14.1. The normalized spacial score (nSPS) is 15.5. The van der Waals surface area contributed by atoms with Gasteiger partial charge in [0.25, 0.3) is 5.91 Å². The van der Waals surface area contributed by atoms with E-state index in [1.807, 2.05) is 57.7 Å². The Hall–Kier alpha value is -2.96. The van der Waals surface area contributed by atoms with Gasteiger partial charge in [0.2, 0.25) is 0 Å². The quantitative estimate of drug-likeness (QED) is 0.736. The summed E-state index contributed by atoms with van der Waals surface area (Å²) in [4.78, 5) is 14.8. The number of hydrogen-bond donors (Lipinski definition) is 0. The van der Waals surface area contributed by atoms with Gasteiger partial charge in [-0.25, -0.2) is 9.36 Å². The largest absolute Gasteiger partial charge is 0.338 e. The second-order valence-corrected chi connectivity index (χ2v) is 6.30. The molecular weight excluding hydrogens is 316 g/mol. The lowest BCUT2D eigenvalue weighted by atomic mass is 10.0. The number of aromatic nitrogens is 5. The highest BCUT2D eigenvalue weighted by molar-refractivity contribution is 5.95.